The molecule has 0 N–H and O–H groups in total. The molecule has 1 aliphatic carbocycles. The summed E-state index contributed by atoms with van der Waals surface area (Å²) >= 11 is 1.80. The van der Waals surface area contributed by atoms with Crippen LogP contribution in [-0.4, -0.2) is 27.1 Å². The highest BCUT2D eigenvalue weighted by atomic mass is 32.1. The summed E-state index contributed by atoms with van der Waals surface area (Å²) in [4.78, 5) is 16.9. The van der Waals surface area contributed by atoms with E-state index in [0.29, 0.717) is 11.6 Å². The van der Waals surface area contributed by atoms with Gasteiger partial charge < -0.3 is 4.90 Å². The van der Waals surface area contributed by atoms with Gasteiger partial charge in [0.15, 0.2) is 0 Å². The lowest BCUT2D eigenvalue weighted by Crippen LogP contribution is -2.39. The van der Waals surface area contributed by atoms with Gasteiger partial charge in [-0.1, -0.05) is 18.2 Å². The predicted octanol–water partition coefficient (Wildman–Crippen LogP) is 4.57. The molecule has 0 spiro atoms. The zero-order chi connectivity index (χ0) is 17.7. The molecule has 0 bridgehead atoms. The number of amides is 1. The van der Waals surface area contributed by atoms with Crippen molar-refractivity contribution in [1.82, 2.24) is 14.7 Å². The molecule has 132 valence electrons. The van der Waals surface area contributed by atoms with Crippen molar-refractivity contribution in [1.29, 1.82) is 0 Å². The van der Waals surface area contributed by atoms with Crippen LogP contribution in [0, 0.1) is 0 Å². The summed E-state index contributed by atoms with van der Waals surface area (Å²) in [5.74, 6) is 0.603. The first-order valence-electron chi connectivity index (χ1n) is 9.25. The highest BCUT2D eigenvalue weighted by molar-refractivity contribution is 7.10. The van der Waals surface area contributed by atoms with Gasteiger partial charge >= 0.3 is 0 Å². The fourth-order valence-electron chi connectivity index (χ4n) is 3.83. The van der Waals surface area contributed by atoms with Gasteiger partial charge in [-0.2, -0.15) is 5.10 Å². The summed E-state index contributed by atoms with van der Waals surface area (Å²) in [6.45, 7) is 2.90. The standard InChI is InChI=1S/C21H21N3OS/c1-14-17-10-12-26-20(17)9-11-23(14)21(25)19-13-18(15-7-8-15)22-24(19)16-5-3-2-4-6-16/h2-6,10,12-15H,7-9,11H2,1H3/t14-/m1/s1. The molecular weight excluding hydrogens is 342 g/mol. The van der Waals surface area contributed by atoms with Gasteiger partial charge in [0.05, 0.1) is 17.4 Å². The summed E-state index contributed by atoms with van der Waals surface area (Å²) in [5, 5.41) is 6.92. The number of carbonyl (C=O) groups excluding carboxylic acids is 1. The average molecular weight is 363 g/mol. The molecule has 1 aromatic carbocycles. The number of benzene rings is 1. The van der Waals surface area contributed by atoms with Crippen molar-refractivity contribution in [3.05, 3.63) is 69.7 Å². The maximum Gasteiger partial charge on any atom is 0.273 e. The van der Waals surface area contributed by atoms with Crippen LogP contribution in [0.5, 0.6) is 0 Å². The molecule has 0 radical (unpaired) electrons. The van der Waals surface area contributed by atoms with E-state index >= 15 is 0 Å². The van der Waals surface area contributed by atoms with Crippen LogP contribution >= 0.6 is 11.3 Å². The molecule has 1 amide bonds. The number of rotatable bonds is 3. The molecule has 26 heavy (non-hydrogen) atoms. The smallest absolute Gasteiger partial charge is 0.273 e. The first-order chi connectivity index (χ1) is 12.7. The number of fused-ring (bicyclic) bond motifs is 1. The first-order valence-corrected chi connectivity index (χ1v) is 10.1. The van der Waals surface area contributed by atoms with E-state index in [1.165, 1.54) is 23.3 Å². The Morgan fingerprint density at radius 1 is 1.19 bits per heavy atom. The van der Waals surface area contributed by atoms with E-state index in [2.05, 4.69) is 18.4 Å². The number of hydrogen-bond acceptors (Lipinski definition) is 3. The van der Waals surface area contributed by atoms with Gasteiger partial charge in [0.25, 0.3) is 5.91 Å². The predicted molar refractivity (Wildman–Crippen MR) is 103 cm³/mol. The zero-order valence-corrected chi connectivity index (χ0v) is 15.6. The molecule has 3 aromatic rings. The Bertz CT molecular complexity index is 955. The quantitative estimate of drug-likeness (QED) is 0.684. The van der Waals surface area contributed by atoms with Gasteiger partial charge in [-0.15, -0.1) is 11.3 Å². The molecule has 0 saturated heterocycles. The van der Waals surface area contributed by atoms with Crippen molar-refractivity contribution < 1.29 is 4.79 Å². The van der Waals surface area contributed by atoms with Crippen LogP contribution in [0.1, 0.15) is 58.3 Å². The van der Waals surface area contributed by atoms with Gasteiger partial charge in [-0.05, 0) is 61.4 Å². The molecule has 0 unspecified atom stereocenters. The van der Waals surface area contributed by atoms with E-state index in [1.54, 1.807) is 11.3 Å². The molecule has 5 heteroatoms. The Hall–Kier alpha value is -2.40. The second-order valence-electron chi connectivity index (χ2n) is 7.20. The lowest BCUT2D eigenvalue weighted by molar-refractivity contribution is 0.0670. The lowest BCUT2D eigenvalue weighted by atomic mass is 10.0. The van der Waals surface area contributed by atoms with E-state index in [4.69, 9.17) is 5.10 Å². The van der Waals surface area contributed by atoms with E-state index in [-0.39, 0.29) is 11.9 Å². The maximum atomic E-state index is 13.5. The first kappa shape index (κ1) is 15.8. The lowest BCUT2D eigenvalue weighted by Gasteiger charge is -2.33. The maximum absolute atomic E-state index is 13.5. The van der Waals surface area contributed by atoms with Crippen LogP contribution < -0.4 is 0 Å². The van der Waals surface area contributed by atoms with Crippen LogP contribution in [0.3, 0.4) is 0 Å². The second-order valence-corrected chi connectivity index (χ2v) is 8.20. The van der Waals surface area contributed by atoms with E-state index in [1.807, 2.05) is 46.0 Å². The SMILES string of the molecule is C[C@@H]1c2ccsc2CCN1C(=O)c1cc(C2CC2)nn1-c1ccccc1. The largest absolute Gasteiger partial charge is 0.330 e. The minimum Gasteiger partial charge on any atom is -0.330 e. The van der Waals surface area contributed by atoms with Gasteiger partial charge in [-0.25, -0.2) is 4.68 Å². The third-order valence-corrected chi connectivity index (χ3v) is 6.48. The second kappa shape index (κ2) is 6.09. The van der Waals surface area contributed by atoms with Gasteiger partial charge in [0, 0.05) is 17.3 Å². The minimum atomic E-state index is 0.0811. The van der Waals surface area contributed by atoms with Crippen LogP contribution in [0.15, 0.2) is 47.8 Å². The summed E-state index contributed by atoms with van der Waals surface area (Å²) in [7, 11) is 0. The van der Waals surface area contributed by atoms with Gasteiger partial charge in [0.1, 0.15) is 5.69 Å². The number of para-hydroxylation sites is 1. The van der Waals surface area contributed by atoms with Gasteiger partial charge in [0.2, 0.25) is 0 Å². The highest BCUT2D eigenvalue weighted by Crippen LogP contribution is 2.40. The van der Waals surface area contributed by atoms with E-state index in [9.17, 15) is 4.79 Å². The molecule has 3 heterocycles. The fourth-order valence-corrected chi connectivity index (χ4v) is 4.79. The fraction of sp³-hybridized carbons (Fsp3) is 0.333. The Morgan fingerprint density at radius 2 is 2.00 bits per heavy atom. The summed E-state index contributed by atoms with van der Waals surface area (Å²) in [6, 6.07) is 14.3. The molecular formula is C21H21N3OS. The third kappa shape index (κ3) is 2.58. The van der Waals surface area contributed by atoms with Crippen molar-refractivity contribution >= 4 is 17.2 Å². The van der Waals surface area contributed by atoms with Crippen LogP contribution in [-0.2, 0) is 6.42 Å². The van der Waals surface area contributed by atoms with Crippen molar-refractivity contribution in [2.75, 3.05) is 6.54 Å². The van der Waals surface area contributed by atoms with Gasteiger partial charge in [-0.3, -0.25) is 4.79 Å². The molecule has 1 aliphatic heterocycles. The van der Waals surface area contributed by atoms with Crippen molar-refractivity contribution in [2.24, 2.45) is 0 Å². The molecule has 2 aliphatic rings. The van der Waals surface area contributed by atoms with Crippen molar-refractivity contribution in [3.8, 4) is 5.69 Å². The average Bonchev–Trinajstić information content (AvgIpc) is 3.24. The third-order valence-electron chi connectivity index (χ3n) is 5.48. The number of hydrogen-bond donors (Lipinski definition) is 0. The zero-order valence-electron chi connectivity index (χ0n) is 14.8. The van der Waals surface area contributed by atoms with Crippen LogP contribution in [0.4, 0.5) is 0 Å². The van der Waals surface area contributed by atoms with Crippen LogP contribution in [0.2, 0.25) is 0 Å². The molecule has 1 fully saturated rings. The monoisotopic (exact) mass is 363 g/mol. The molecule has 4 nitrogen and oxygen atoms in total. The normalized spacial score (nSPS) is 19.4. The number of nitrogens with zero attached hydrogens (tertiary/aromatic N) is 3. The van der Waals surface area contributed by atoms with Crippen molar-refractivity contribution in [3.63, 3.8) is 0 Å². The highest BCUT2D eigenvalue weighted by Gasteiger charge is 2.33. The Morgan fingerprint density at radius 3 is 2.77 bits per heavy atom. The van der Waals surface area contributed by atoms with E-state index < -0.39 is 0 Å². The topological polar surface area (TPSA) is 38.1 Å². The van der Waals surface area contributed by atoms with Crippen LogP contribution in [0.25, 0.3) is 5.69 Å². The summed E-state index contributed by atoms with van der Waals surface area (Å²) in [5.41, 5.74) is 3.98. The minimum absolute atomic E-state index is 0.0811. The number of aromatic nitrogens is 2. The molecule has 2 aromatic heterocycles. The summed E-state index contributed by atoms with van der Waals surface area (Å²) in [6.07, 6.45) is 3.30. The summed E-state index contributed by atoms with van der Waals surface area (Å²) < 4.78 is 1.84. The molecule has 1 atom stereocenters. The van der Waals surface area contributed by atoms with E-state index in [0.717, 1.165) is 24.3 Å². The molecule has 5 rings (SSSR count). The Labute approximate surface area is 157 Å². The Balaban J connectivity index is 1.54. The number of carbonyl (C=O) groups is 1. The molecule has 1 saturated carbocycles. The Kier molecular flexibility index (Phi) is 3.71. The number of thiophene rings is 1. The van der Waals surface area contributed by atoms with Crippen molar-refractivity contribution in [2.45, 2.75) is 38.1 Å².